The third kappa shape index (κ3) is 3.37. The molecule has 0 unspecified atom stereocenters. The third-order valence-corrected chi connectivity index (χ3v) is 3.75. The molecule has 3 rings (SSSR count). The number of benzene rings is 2. The van der Waals surface area contributed by atoms with Crippen molar-refractivity contribution in [3.63, 3.8) is 0 Å². The second-order valence-corrected chi connectivity index (χ2v) is 5.39. The predicted octanol–water partition coefficient (Wildman–Crippen LogP) is 3.01. The smallest absolute Gasteiger partial charge is 0.314 e. The molecule has 0 atom stereocenters. The number of nitrogens with one attached hydrogen (secondary N) is 1. The lowest BCUT2D eigenvalue weighted by Crippen LogP contribution is -2.21. The van der Waals surface area contributed by atoms with E-state index in [1.54, 1.807) is 7.05 Å². The minimum absolute atomic E-state index is 0.0150. The van der Waals surface area contributed by atoms with Gasteiger partial charge in [-0.2, -0.15) is 0 Å². The van der Waals surface area contributed by atoms with Crippen LogP contribution in [0.25, 0.3) is 0 Å². The highest BCUT2D eigenvalue weighted by atomic mass is 32.1. The van der Waals surface area contributed by atoms with Gasteiger partial charge in [0.15, 0.2) is 10.9 Å². The maximum Gasteiger partial charge on any atom is 0.314 e. The zero-order chi connectivity index (χ0) is 16.2. The largest absolute Gasteiger partial charge is 0.460 e. The number of aromatic amines is 1. The number of rotatable bonds is 4. The van der Waals surface area contributed by atoms with Gasteiger partial charge < -0.3 is 4.74 Å². The van der Waals surface area contributed by atoms with Crippen molar-refractivity contribution in [3.8, 4) is 5.88 Å². The van der Waals surface area contributed by atoms with Gasteiger partial charge >= 0.3 is 5.56 Å². The average Bonchev–Trinajstić information content (AvgIpc) is 2.58. The summed E-state index contributed by atoms with van der Waals surface area (Å²) in [5.74, 6) is -0.0150. The fourth-order valence-corrected chi connectivity index (χ4v) is 2.36. The Balaban J connectivity index is 2.05. The first-order chi connectivity index (χ1) is 11.1. The molecule has 23 heavy (non-hydrogen) atoms. The van der Waals surface area contributed by atoms with E-state index in [0.29, 0.717) is 0 Å². The Kier molecular flexibility index (Phi) is 4.34. The summed E-state index contributed by atoms with van der Waals surface area (Å²) in [6.45, 7) is 0. The molecule has 0 aliphatic rings. The standard InChI is InChI=1S/C17H15N3O2S/c1-20-17(23)18-15(21)16(19-20)22-14(12-8-4-2-5-9-12)13-10-6-3-7-11-13/h2-11,14H,1H3,(H,18,21,23). The van der Waals surface area contributed by atoms with Gasteiger partial charge in [0.05, 0.1) is 0 Å². The molecular weight excluding hydrogens is 310 g/mol. The topological polar surface area (TPSA) is 59.9 Å². The fourth-order valence-electron chi connectivity index (χ4n) is 2.23. The number of aromatic nitrogens is 3. The van der Waals surface area contributed by atoms with Crippen molar-refractivity contribution in [2.45, 2.75) is 6.10 Å². The Morgan fingerprint density at radius 3 is 2.09 bits per heavy atom. The van der Waals surface area contributed by atoms with E-state index < -0.39 is 11.7 Å². The van der Waals surface area contributed by atoms with E-state index in [2.05, 4.69) is 10.1 Å². The normalized spacial score (nSPS) is 10.7. The molecular formula is C17H15N3O2S. The summed E-state index contributed by atoms with van der Waals surface area (Å²) in [6.07, 6.45) is -0.429. The van der Waals surface area contributed by atoms with Crippen LogP contribution in [0.1, 0.15) is 17.2 Å². The highest BCUT2D eigenvalue weighted by molar-refractivity contribution is 7.71. The summed E-state index contributed by atoms with van der Waals surface area (Å²) in [5, 5.41) is 4.11. The van der Waals surface area contributed by atoms with E-state index in [4.69, 9.17) is 17.0 Å². The Morgan fingerprint density at radius 1 is 1.04 bits per heavy atom. The number of H-pyrrole nitrogens is 1. The first kappa shape index (κ1) is 15.2. The minimum atomic E-state index is -0.440. The van der Waals surface area contributed by atoms with Crippen LogP contribution in [0.15, 0.2) is 65.5 Å². The second kappa shape index (κ2) is 6.58. The van der Waals surface area contributed by atoms with Crippen molar-refractivity contribution in [1.82, 2.24) is 14.8 Å². The van der Waals surface area contributed by atoms with Crippen molar-refractivity contribution in [3.05, 3.63) is 86.9 Å². The van der Waals surface area contributed by atoms with Crippen LogP contribution < -0.4 is 10.3 Å². The van der Waals surface area contributed by atoms with Crippen LogP contribution in [0.3, 0.4) is 0 Å². The van der Waals surface area contributed by atoms with E-state index in [1.807, 2.05) is 60.7 Å². The van der Waals surface area contributed by atoms with Crippen LogP contribution in [0.5, 0.6) is 5.88 Å². The van der Waals surface area contributed by atoms with Crippen molar-refractivity contribution >= 4 is 12.2 Å². The van der Waals surface area contributed by atoms with Gasteiger partial charge in [0.25, 0.3) is 5.88 Å². The molecule has 3 aromatic rings. The van der Waals surface area contributed by atoms with E-state index in [9.17, 15) is 4.79 Å². The molecule has 0 amide bonds. The Labute approximate surface area is 138 Å². The van der Waals surface area contributed by atoms with Crippen LogP contribution in [-0.2, 0) is 7.05 Å². The van der Waals surface area contributed by atoms with Crippen LogP contribution in [-0.4, -0.2) is 14.8 Å². The average molecular weight is 325 g/mol. The van der Waals surface area contributed by atoms with Gasteiger partial charge in [-0.3, -0.25) is 9.78 Å². The molecule has 116 valence electrons. The lowest BCUT2D eigenvalue weighted by molar-refractivity contribution is 0.226. The second-order valence-electron chi connectivity index (χ2n) is 5.01. The Bertz CT molecular complexity index is 865. The molecule has 0 aliphatic heterocycles. The van der Waals surface area contributed by atoms with E-state index in [0.717, 1.165) is 11.1 Å². The number of aryl methyl sites for hydroxylation is 1. The van der Waals surface area contributed by atoms with Crippen LogP contribution in [0.4, 0.5) is 0 Å². The quantitative estimate of drug-likeness (QED) is 0.749. The van der Waals surface area contributed by atoms with Crippen LogP contribution in [0.2, 0.25) is 0 Å². The van der Waals surface area contributed by atoms with Crippen molar-refractivity contribution in [1.29, 1.82) is 0 Å². The zero-order valence-electron chi connectivity index (χ0n) is 12.5. The minimum Gasteiger partial charge on any atom is -0.460 e. The molecule has 0 saturated heterocycles. The highest BCUT2D eigenvalue weighted by Crippen LogP contribution is 2.25. The number of ether oxygens (including phenoxy) is 1. The number of nitrogens with zero attached hydrogens (tertiary/aromatic N) is 2. The monoisotopic (exact) mass is 325 g/mol. The molecule has 0 saturated carbocycles. The highest BCUT2D eigenvalue weighted by Gasteiger charge is 2.18. The molecule has 1 heterocycles. The molecule has 6 heteroatoms. The molecule has 0 spiro atoms. The molecule has 0 aliphatic carbocycles. The summed E-state index contributed by atoms with van der Waals surface area (Å²) < 4.78 is 7.58. The van der Waals surface area contributed by atoms with Gasteiger partial charge in [-0.05, 0) is 23.3 Å². The number of hydrogen-bond donors (Lipinski definition) is 1. The van der Waals surface area contributed by atoms with Crippen molar-refractivity contribution < 1.29 is 4.74 Å². The van der Waals surface area contributed by atoms with Crippen molar-refractivity contribution in [2.24, 2.45) is 7.05 Å². The maximum atomic E-state index is 12.1. The van der Waals surface area contributed by atoms with Gasteiger partial charge in [0.2, 0.25) is 0 Å². The summed E-state index contributed by atoms with van der Waals surface area (Å²) >= 11 is 4.99. The first-order valence-electron chi connectivity index (χ1n) is 7.09. The van der Waals surface area contributed by atoms with Crippen molar-refractivity contribution in [2.75, 3.05) is 0 Å². The Hall–Kier alpha value is -2.73. The lowest BCUT2D eigenvalue weighted by atomic mass is 10.0. The SMILES string of the molecule is Cn1nc(OC(c2ccccc2)c2ccccc2)c(=O)[nH]c1=S. The third-order valence-electron chi connectivity index (χ3n) is 3.38. The summed E-state index contributed by atoms with van der Waals surface area (Å²) in [6, 6.07) is 19.4. The summed E-state index contributed by atoms with van der Waals surface area (Å²) in [7, 11) is 1.66. The molecule has 1 N–H and O–H groups in total. The number of hydrogen-bond acceptors (Lipinski definition) is 4. The summed E-state index contributed by atoms with van der Waals surface area (Å²) in [5.41, 5.74) is 1.43. The molecule has 1 aromatic heterocycles. The maximum absolute atomic E-state index is 12.1. The fraction of sp³-hybridized carbons (Fsp3) is 0.118. The molecule has 0 fully saturated rings. The van der Waals surface area contributed by atoms with Gasteiger partial charge in [0.1, 0.15) is 0 Å². The molecule has 2 aromatic carbocycles. The van der Waals surface area contributed by atoms with Gasteiger partial charge in [-0.15, -0.1) is 5.10 Å². The predicted molar refractivity (Wildman–Crippen MR) is 90.0 cm³/mol. The Morgan fingerprint density at radius 2 is 1.57 bits per heavy atom. The zero-order valence-corrected chi connectivity index (χ0v) is 13.3. The van der Waals surface area contributed by atoms with E-state index >= 15 is 0 Å². The molecule has 0 radical (unpaired) electrons. The molecule has 5 nitrogen and oxygen atoms in total. The molecule has 0 bridgehead atoms. The van der Waals surface area contributed by atoms with Crippen LogP contribution >= 0.6 is 12.2 Å². The lowest BCUT2D eigenvalue weighted by Gasteiger charge is -2.19. The van der Waals surface area contributed by atoms with E-state index in [1.165, 1.54) is 4.68 Å². The van der Waals surface area contributed by atoms with Crippen LogP contribution in [0, 0.1) is 4.77 Å². The van der Waals surface area contributed by atoms with Gasteiger partial charge in [-0.1, -0.05) is 60.7 Å². The van der Waals surface area contributed by atoms with Gasteiger partial charge in [-0.25, -0.2) is 4.68 Å². The van der Waals surface area contributed by atoms with E-state index in [-0.39, 0.29) is 10.7 Å². The first-order valence-corrected chi connectivity index (χ1v) is 7.50. The van der Waals surface area contributed by atoms with Gasteiger partial charge in [0, 0.05) is 7.05 Å². The summed E-state index contributed by atoms with van der Waals surface area (Å²) in [4.78, 5) is 14.6.